The lowest BCUT2D eigenvalue weighted by Gasteiger charge is -2.29. The number of thioether (sulfide) groups is 1. The predicted molar refractivity (Wildman–Crippen MR) is 84.0 cm³/mol. The number of nitro groups is 1. The first-order valence-corrected chi connectivity index (χ1v) is 7.82. The first-order valence-electron chi connectivity index (χ1n) is 6.43. The summed E-state index contributed by atoms with van der Waals surface area (Å²) in [6.45, 7) is 3.46. The SMILES string of the molecule is CCC(CSC)N(C)c1ccc([N+](=O)[O-])c(C(C)=O)c1. The molecule has 5 nitrogen and oxygen atoms in total. The van der Waals surface area contributed by atoms with Gasteiger partial charge in [0.15, 0.2) is 5.78 Å². The number of rotatable bonds is 7. The number of carbonyl (C=O) groups excluding carboxylic acids is 1. The summed E-state index contributed by atoms with van der Waals surface area (Å²) in [5, 5.41) is 10.9. The molecule has 0 aliphatic rings. The van der Waals surface area contributed by atoms with Crippen molar-refractivity contribution < 1.29 is 9.72 Å². The van der Waals surface area contributed by atoms with E-state index in [0.717, 1.165) is 17.9 Å². The maximum absolute atomic E-state index is 11.6. The van der Waals surface area contributed by atoms with E-state index in [1.54, 1.807) is 23.9 Å². The molecule has 6 heteroatoms. The lowest BCUT2D eigenvalue weighted by molar-refractivity contribution is -0.385. The third kappa shape index (κ3) is 3.72. The molecule has 0 saturated carbocycles. The first kappa shape index (κ1) is 16.5. The van der Waals surface area contributed by atoms with E-state index in [-0.39, 0.29) is 17.0 Å². The number of nitro benzene ring substituents is 1. The van der Waals surface area contributed by atoms with E-state index < -0.39 is 4.92 Å². The van der Waals surface area contributed by atoms with E-state index in [1.165, 1.54) is 13.0 Å². The highest BCUT2D eigenvalue weighted by molar-refractivity contribution is 7.98. The lowest BCUT2D eigenvalue weighted by Crippen LogP contribution is -2.33. The lowest BCUT2D eigenvalue weighted by atomic mass is 10.1. The fourth-order valence-corrected chi connectivity index (χ4v) is 2.94. The van der Waals surface area contributed by atoms with Gasteiger partial charge in [-0.2, -0.15) is 11.8 Å². The molecule has 0 aromatic heterocycles. The topological polar surface area (TPSA) is 63.4 Å². The van der Waals surface area contributed by atoms with Crippen LogP contribution in [0.2, 0.25) is 0 Å². The highest BCUT2D eigenvalue weighted by Crippen LogP contribution is 2.27. The predicted octanol–water partition coefficient (Wildman–Crippen LogP) is 3.38. The number of nitrogens with zero attached hydrogens (tertiary/aromatic N) is 2. The maximum atomic E-state index is 11.6. The van der Waals surface area contributed by atoms with E-state index >= 15 is 0 Å². The standard InChI is InChI=1S/C14H20N2O3S/c1-5-11(9-20-4)15(3)12-6-7-14(16(18)19)13(8-12)10(2)17/h6-8,11H,5,9H2,1-4H3. The summed E-state index contributed by atoms with van der Waals surface area (Å²) >= 11 is 1.76. The Labute approximate surface area is 123 Å². The van der Waals surface area contributed by atoms with Gasteiger partial charge in [-0.25, -0.2) is 0 Å². The second kappa shape index (κ2) is 7.28. The van der Waals surface area contributed by atoms with Gasteiger partial charge in [-0.1, -0.05) is 6.92 Å². The van der Waals surface area contributed by atoms with Crippen LogP contribution < -0.4 is 4.90 Å². The van der Waals surface area contributed by atoms with Crippen molar-refractivity contribution in [1.29, 1.82) is 0 Å². The molecule has 1 unspecified atom stereocenters. The van der Waals surface area contributed by atoms with Crippen molar-refractivity contribution in [1.82, 2.24) is 0 Å². The number of hydrogen-bond donors (Lipinski definition) is 0. The summed E-state index contributed by atoms with van der Waals surface area (Å²) < 4.78 is 0. The molecule has 0 amide bonds. The van der Waals surface area contributed by atoms with E-state index in [9.17, 15) is 14.9 Å². The van der Waals surface area contributed by atoms with Crippen molar-refractivity contribution in [3.05, 3.63) is 33.9 Å². The van der Waals surface area contributed by atoms with E-state index in [2.05, 4.69) is 11.8 Å². The quantitative estimate of drug-likeness (QED) is 0.438. The van der Waals surface area contributed by atoms with Gasteiger partial charge >= 0.3 is 0 Å². The van der Waals surface area contributed by atoms with Crippen LogP contribution in [0.3, 0.4) is 0 Å². The fraction of sp³-hybridized carbons (Fsp3) is 0.500. The Bertz CT molecular complexity index is 505. The highest BCUT2D eigenvalue weighted by Gasteiger charge is 2.20. The summed E-state index contributed by atoms with van der Waals surface area (Å²) in [6.07, 6.45) is 3.02. The summed E-state index contributed by atoms with van der Waals surface area (Å²) in [4.78, 5) is 24.1. The minimum absolute atomic E-state index is 0.132. The number of anilines is 1. The number of ketones is 1. The largest absolute Gasteiger partial charge is 0.371 e. The van der Waals surface area contributed by atoms with Crippen molar-refractivity contribution in [3.8, 4) is 0 Å². The Morgan fingerprint density at radius 3 is 2.60 bits per heavy atom. The molecule has 0 spiro atoms. The van der Waals surface area contributed by atoms with Crippen LogP contribution >= 0.6 is 11.8 Å². The van der Waals surface area contributed by atoms with Gasteiger partial charge in [0.05, 0.1) is 10.5 Å². The number of carbonyl (C=O) groups is 1. The van der Waals surface area contributed by atoms with Crippen molar-refractivity contribution in [3.63, 3.8) is 0 Å². The van der Waals surface area contributed by atoms with E-state index in [0.29, 0.717) is 6.04 Å². The summed E-state index contributed by atoms with van der Waals surface area (Å²) in [6, 6.07) is 5.07. The minimum Gasteiger partial charge on any atom is -0.371 e. The molecule has 110 valence electrons. The normalized spacial score (nSPS) is 12.0. The Morgan fingerprint density at radius 1 is 1.50 bits per heavy atom. The molecule has 0 heterocycles. The van der Waals surface area contributed by atoms with Gasteiger partial charge in [-0.3, -0.25) is 14.9 Å². The van der Waals surface area contributed by atoms with Crippen molar-refractivity contribution in [2.75, 3.05) is 24.0 Å². The smallest absolute Gasteiger partial charge is 0.280 e. The van der Waals surface area contributed by atoms with Crippen LogP contribution in [0.15, 0.2) is 18.2 Å². The van der Waals surface area contributed by atoms with Gasteiger partial charge in [0, 0.05) is 30.6 Å². The molecule has 0 saturated heterocycles. The Kier molecular flexibility index (Phi) is 6.01. The number of Topliss-reactive ketones (excluding diaryl/α,β-unsaturated/α-hetero) is 1. The average Bonchev–Trinajstić information content (AvgIpc) is 2.43. The Balaban J connectivity index is 3.17. The molecule has 1 rings (SSSR count). The number of hydrogen-bond acceptors (Lipinski definition) is 5. The van der Waals surface area contributed by atoms with Gasteiger partial charge < -0.3 is 4.90 Å². The van der Waals surface area contributed by atoms with Crippen LogP contribution in [-0.2, 0) is 0 Å². The molecular weight excluding hydrogens is 276 g/mol. The third-order valence-corrected chi connectivity index (χ3v) is 4.06. The third-order valence-electron chi connectivity index (χ3n) is 3.34. The molecule has 0 fully saturated rings. The van der Waals surface area contributed by atoms with Gasteiger partial charge in [-0.15, -0.1) is 0 Å². The molecule has 1 atom stereocenters. The molecule has 0 N–H and O–H groups in total. The van der Waals surface area contributed by atoms with Crippen molar-refractivity contribution in [2.24, 2.45) is 0 Å². The van der Waals surface area contributed by atoms with Crippen LogP contribution in [0.25, 0.3) is 0 Å². The van der Waals surface area contributed by atoms with E-state index in [1.807, 2.05) is 13.3 Å². The first-order chi connectivity index (χ1) is 9.42. The summed E-state index contributed by atoms with van der Waals surface area (Å²) in [5.74, 6) is 0.684. The molecule has 1 aromatic rings. The van der Waals surface area contributed by atoms with Gasteiger partial charge in [-0.05, 0) is 31.7 Å². The van der Waals surface area contributed by atoms with Crippen LogP contribution in [0, 0.1) is 10.1 Å². The zero-order valence-electron chi connectivity index (χ0n) is 12.3. The molecule has 20 heavy (non-hydrogen) atoms. The second-order valence-electron chi connectivity index (χ2n) is 4.64. The molecule has 0 aliphatic carbocycles. The van der Waals surface area contributed by atoms with Crippen LogP contribution in [0.4, 0.5) is 11.4 Å². The molecular formula is C14H20N2O3S. The van der Waals surface area contributed by atoms with Crippen LogP contribution in [0.1, 0.15) is 30.6 Å². The second-order valence-corrected chi connectivity index (χ2v) is 5.55. The van der Waals surface area contributed by atoms with Crippen molar-refractivity contribution in [2.45, 2.75) is 26.3 Å². The zero-order chi connectivity index (χ0) is 15.3. The van der Waals surface area contributed by atoms with Crippen molar-refractivity contribution >= 4 is 28.9 Å². The monoisotopic (exact) mass is 296 g/mol. The van der Waals surface area contributed by atoms with E-state index in [4.69, 9.17) is 0 Å². The Morgan fingerprint density at radius 2 is 2.15 bits per heavy atom. The molecule has 0 aliphatic heterocycles. The molecule has 0 bridgehead atoms. The zero-order valence-corrected chi connectivity index (χ0v) is 13.1. The summed E-state index contributed by atoms with van der Waals surface area (Å²) in [7, 11) is 1.95. The van der Waals surface area contributed by atoms with Gasteiger partial charge in [0.2, 0.25) is 0 Å². The fourth-order valence-electron chi connectivity index (χ4n) is 2.09. The molecule has 0 radical (unpaired) electrons. The van der Waals surface area contributed by atoms with Gasteiger partial charge in [0.25, 0.3) is 5.69 Å². The Hall–Kier alpha value is -1.56. The number of benzene rings is 1. The van der Waals surface area contributed by atoms with Crippen LogP contribution in [-0.4, -0.2) is 35.8 Å². The van der Waals surface area contributed by atoms with Crippen LogP contribution in [0.5, 0.6) is 0 Å². The molecule has 1 aromatic carbocycles. The van der Waals surface area contributed by atoms with Gasteiger partial charge in [0.1, 0.15) is 0 Å². The minimum atomic E-state index is -0.514. The summed E-state index contributed by atoms with van der Waals surface area (Å²) in [5.41, 5.74) is 0.868. The highest BCUT2D eigenvalue weighted by atomic mass is 32.2. The maximum Gasteiger partial charge on any atom is 0.280 e. The average molecular weight is 296 g/mol.